The van der Waals surface area contributed by atoms with Crippen LogP contribution >= 0.6 is 0 Å². The van der Waals surface area contributed by atoms with E-state index in [2.05, 4.69) is 52.4 Å². The first-order valence-electron chi connectivity index (χ1n) is 7.65. The van der Waals surface area contributed by atoms with Gasteiger partial charge in [-0.2, -0.15) is 0 Å². The molecule has 0 unspecified atom stereocenters. The minimum absolute atomic E-state index is 0.0160. The van der Waals surface area contributed by atoms with Crippen molar-refractivity contribution in [2.24, 2.45) is 0 Å². The van der Waals surface area contributed by atoms with Gasteiger partial charge in [0.15, 0.2) is 0 Å². The van der Waals surface area contributed by atoms with Crippen molar-refractivity contribution in [3.05, 3.63) is 48.5 Å². The van der Waals surface area contributed by atoms with Gasteiger partial charge in [-0.3, -0.25) is 0 Å². The molecule has 0 aliphatic carbocycles. The highest BCUT2D eigenvalue weighted by Crippen LogP contribution is 2.28. The Bertz CT molecular complexity index is 907. The number of benzene rings is 2. The minimum Gasteiger partial charge on any atom is -0.224 e. The van der Waals surface area contributed by atoms with E-state index in [-0.39, 0.29) is 5.79 Å². The van der Waals surface area contributed by atoms with Crippen LogP contribution in [0.5, 0.6) is 0 Å². The van der Waals surface area contributed by atoms with Gasteiger partial charge in [-0.05, 0) is 24.3 Å². The lowest BCUT2D eigenvalue weighted by Gasteiger charge is -2.29. The Morgan fingerprint density at radius 1 is 0.739 bits per heavy atom. The standard InChI is InChI=1S/C16H18N6Si/c1-23(2,3)16(21-14-10-6-4-8-12(14)17-19-21)22-15-11-7-5-9-13(15)18-20-22/h4-11,16H,1-3H3. The summed E-state index contributed by atoms with van der Waals surface area (Å²) in [6, 6.07) is 16.1. The lowest BCUT2D eigenvalue weighted by Crippen LogP contribution is -2.41. The fourth-order valence-corrected chi connectivity index (χ4v) is 4.82. The molecule has 0 spiro atoms. The summed E-state index contributed by atoms with van der Waals surface area (Å²) in [7, 11) is -1.71. The molecular weight excluding hydrogens is 304 g/mol. The van der Waals surface area contributed by atoms with Crippen LogP contribution in [0.3, 0.4) is 0 Å². The molecule has 2 aromatic carbocycles. The van der Waals surface area contributed by atoms with Gasteiger partial charge in [-0.25, -0.2) is 9.36 Å². The summed E-state index contributed by atoms with van der Waals surface area (Å²) in [6.45, 7) is 6.93. The van der Waals surface area contributed by atoms with Crippen LogP contribution in [-0.4, -0.2) is 38.1 Å². The third kappa shape index (κ3) is 2.24. The zero-order valence-corrected chi connectivity index (χ0v) is 14.4. The Labute approximate surface area is 134 Å². The molecule has 0 aliphatic rings. The average Bonchev–Trinajstić information content (AvgIpc) is 3.12. The van der Waals surface area contributed by atoms with Crippen LogP contribution < -0.4 is 0 Å². The van der Waals surface area contributed by atoms with Crippen LogP contribution in [0.2, 0.25) is 19.6 Å². The summed E-state index contributed by atoms with van der Waals surface area (Å²) >= 11 is 0. The number of nitrogens with zero attached hydrogens (tertiary/aromatic N) is 6. The molecule has 0 saturated carbocycles. The number of rotatable bonds is 3. The molecule has 0 fully saturated rings. The SMILES string of the molecule is C[Si](C)(C)C(n1nnc2ccccc21)n1nnc2ccccc21. The van der Waals surface area contributed by atoms with Crippen molar-refractivity contribution < 1.29 is 0 Å². The van der Waals surface area contributed by atoms with Crippen LogP contribution in [0.1, 0.15) is 5.79 Å². The van der Waals surface area contributed by atoms with Crippen molar-refractivity contribution in [1.82, 2.24) is 30.0 Å². The number of fused-ring (bicyclic) bond motifs is 2. The van der Waals surface area contributed by atoms with Crippen molar-refractivity contribution in [1.29, 1.82) is 0 Å². The third-order valence-electron chi connectivity index (χ3n) is 3.99. The molecule has 116 valence electrons. The maximum Gasteiger partial charge on any atom is 0.134 e. The highest BCUT2D eigenvalue weighted by Gasteiger charge is 2.34. The van der Waals surface area contributed by atoms with Crippen molar-refractivity contribution >= 4 is 30.1 Å². The normalized spacial score (nSPS) is 12.5. The molecule has 4 rings (SSSR count). The summed E-state index contributed by atoms with van der Waals surface area (Å²) in [5, 5.41) is 17.5. The van der Waals surface area contributed by atoms with Gasteiger partial charge in [0.1, 0.15) is 24.9 Å². The smallest absolute Gasteiger partial charge is 0.134 e. The first kappa shape index (κ1) is 14.1. The molecule has 0 bridgehead atoms. The van der Waals surface area contributed by atoms with E-state index in [9.17, 15) is 0 Å². The lowest BCUT2D eigenvalue weighted by atomic mass is 10.3. The highest BCUT2D eigenvalue weighted by molar-refractivity contribution is 6.76. The van der Waals surface area contributed by atoms with Crippen molar-refractivity contribution in [3.8, 4) is 0 Å². The fraction of sp³-hybridized carbons (Fsp3) is 0.250. The first-order chi connectivity index (χ1) is 11.1. The van der Waals surface area contributed by atoms with Gasteiger partial charge in [0.25, 0.3) is 0 Å². The molecule has 0 N–H and O–H groups in total. The molecule has 23 heavy (non-hydrogen) atoms. The molecule has 0 radical (unpaired) electrons. The van der Waals surface area contributed by atoms with Crippen LogP contribution in [0.15, 0.2) is 48.5 Å². The molecular formula is C16H18N6Si. The molecule has 4 aromatic rings. The second kappa shape index (κ2) is 4.99. The number of hydrogen-bond donors (Lipinski definition) is 0. The van der Waals surface area contributed by atoms with Gasteiger partial charge >= 0.3 is 0 Å². The Morgan fingerprint density at radius 2 is 1.17 bits per heavy atom. The van der Waals surface area contributed by atoms with Gasteiger partial charge in [0, 0.05) is 0 Å². The average molecular weight is 322 g/mol. The van der Waals surface area contributed by atoms with Gasteiger partial charge < -0.3 is 0 Å². The van der Waals surface area contributed by atoms with E-state index >= 15 is 0 Å². The van der Waals surface area contributed by atoms with Crippen LogP contribution in [0.4, 0.5) is 0 Å². The van der Waals surface area contributed by atoms with E-state index in [4.69, 9.17) is 0 Å². The zero-order chi connectivity index (χ0) is 16.0. The van der Waals surface area contributed by atoms with E-state index in [1.807, 2.05) is 45.8 Å². The number of para-hydroxylation sites is 2. The molecule has 2 aromatic heterocycles. The molecule has 0 saturated heterocycles. The Hall–Kier alpha value is -2.54. The van der Waals surface area contributed by atoms with Crippen LogP contribution in [-0.2, 0) is 0 Å². The summed E-state index contributed by atoms with van der Waals surface area (Å²) in [5.41, 5.74) is 3.86. The molecule has 7 heteroatoms. The number of hydrogen-bond acceptors (Lipinski definition) is 4. The molecule has 0 atom stereocenters. The minimum atomic E-state index is -1.71. The molecule has 0 aliphatic heterocycles. The largest absolute Gasteiger partial charge is 0.224 e. The predicted molar refractivity (Wildman–Crippen MR) is 92.8 cm³/mol. The van der Waals surface area contributed by atoms with Gasteiger partial charge in [0.2, 0.25) is 0 Å². The molecule has 2 heterocycles. The third-order valence-corrected chi connectivity index (χ3v) is 6.03. The zero-order valence-electron chi connectivity index (χ0n) is 13.4. The second-order valence-corrected chi connectivity index (χ2v) is 12.0. The highest BCUT2D eigenvalue weighted by atomic mass is 28.3. The van der Waals surface area contributed by atoms with E-state index in [1.165, 1.54) is 0 Å². The van der Waals surface area contributed by atoms with Crippen LogP contribution in [0.25, 0.3) is 22.1 Å². The second-order valence-electron chi connectivity index (χ2n) is 6.79. The van der Waals surface area contributed by atoms with Gasteiger partial charge in [-0.15, -0.1) is 10.2 Å². The quantitative estimate of drug-likeness (QED) is 0.544. The Kier molecular flexibility index (Phi) is 3.05. The monoisotopic (exact) mass is 322 g/mol. The summed E-state index contributed by atoms with van der Waals surface area (Å²) < 4.78 is 4.01. The lowest BCUT2D eigenvalue weighted by molar-refractivity contribution is 0.460. The van der Waals surface area contributed by atoms with Crippen LogP contribution in [0, 0.1) is 0 Å². The fourth-order valence-electron chi connectivity index (χ4n) is 2.97. The van der Waals surface area contributed by atoms with Gasteiger partial charge in [-0.1, -0.05) is 54.3 Å². The van der Waals surface area contributed by atoms with E-state index in [0.717, 1.165) is 22.1 Å². The maximum absolute atomic E-state index is 4.44. The topological polar surface area (TPSA) is 61.4 Å². The van der Waals surface area contributed by atoms with Crippen molar-refractivity contribution in [2.75, 3.05) is 0 Å². The Morgan fingerprint density at radius 3 is 1.61 bits per heavy atom. The molecule has 0 amide bonds. The summed E-state index contributed by atoms with van der Waals surface area (Å²) in [5.74, 6) is 0.0160. The number of aromatic nitrogens is 6. The van der Waals surface area contributed by atoms with E-state index in [1.54, 1.807) is 0 Å². The van der Waals surface area contributed by atoms with Crippen molar-refractivity contribution in [2.45, 2.75) is 25.4 Å². The summed E-state index contributed by atoms with van der Waals surface area (Å²) in [4.78, 5) is 0. The summed E-state index contributed by atoms with van der Waals surface area (Å²) in [6.07, 6.45) is 0. The van der Waals surface area contributed by atoms with E-state index in [0.29, 0.717) is 0 Å². The predicted octanol–water partition coefficient (Wildman–Crippen LogP) is 3.10. The van der Waals surface area contributed by atoms with E-state index < -0.39 is 8.07 Å². The maximum atomic E-state index is 4.44. The Balaban J connectivity index is 1.99. The van der Waals surface area contributed by atoms with Crippen molar-refractivity contribution in [3.63, 3.8) is 0 Å². The molecule has 6 nitrogen and oxygen atoms in total. The first-order valence-corrected chi connectivity index (χ1v) is 11.2. The van der Waals surface area contributed by atoms with Gasteiger partial charge in [0.05, 0.1) is 11.0 Å².